The smallest absolute Gasteiger partial charge is 0.255 e. The van der Waals surface area contributed by atoms with Crippen LogP contribution < -0.4 is 4.74 Å². The number of hydrogen-bond donors (Lipinski definition) is 0. The summed E-state index contributed by atoms with van der Waals surface area (Å²) in [6, 6.07) is 14.7. The predicted molar refractivity (Wildman–Crippen MR) is 122 cm³/mol. The van der Waals surface area contributed by atoms with Crippen LogP contribution in [0.3, 0.4) is 0 Å². The minimum absolute atomic E-state index is 0.124. The highest BCUT2D eigenvalue weighted by Crippen LogP contribution is 2.26. The van der Waals surface area contributed by atoms with Crippen LogP contribution in [-0.4, -0.2) is 85.3 Å². The molecule has 2 fully saturated rings. The number of ether oxygens (including phenoxy) is 1. The molecule has 1 atom stereocenters. The molecule has 0 bridgehead atoms. The van der Waals surface area contributed by atoms with Gasteiger partial charge in [0, 0.05) is 37.5 Å². The van der Waals surface area contributed by atoms with E-state index in [1.807, 2.05) is 6.07 Å². The average Bonchev–Trinajstić information content (AvgIpc) is 3.33. The van der Waals surface area contributed by atoms with Gasteiger partial charge in [0.05, 0.1) is 17.9 Å². The van der Waals surface area contributed by atoms with Crippen LogP contribution >= 0.6 is 11.8 Å². The second-order valence-corrected chi connectivity index (χ2v) is 10.5. The van der Waals surface area contributed by atoms with Gasteiger partial charge in [0.2, 0.25) is 15.9 Å². The summed E-state index contributed by atoms with van der Waals surface area (Å²) in [5.41, 5.74) is 0.559. The fourth-order valence-corrected chi connectivity index (χ4v) is 6.42. The number of rotatable bonds is 5. The molecule has 0 saturated carbocycles. The van der Waals surface area contributed by atoms with E-state index in [0.717, 1.165) is 0 Å². The van der Waals surface area contributed by atoms with E-state index in [9.17, 15) is 18.0 Å². The average molecular weight is 476 g/mol. The lowest BCUT2D eigenvalue weighted by atomic mass is 10.1. The van der Waals surface area contributed by atoms with Gasteiger partial charge < -0.3 is 14.5 Å². The maximum Gasteiger partial charge on any atom is 0.255 e. The maximum atomic E-state index is 13.2. The third-order valence-corrected chi connectivity index (χ3v) is 8.62. The van der Waals surface area contributed by atoms with Crippen molar-refractivity contribution < 1.29 is 22.7 Å². The summed E-state index contributed by atoms with van der Waals surface area (Å²) < 4.78 is 32.4. The van der Waals surface area contributed by atoms with Gasteiger partial charge in [-0.1, -0.05) is 18.2 Å². The number of sulfonamides is 1. The fraction of sp³-hybridized carbons (Fsp3) is 0.364. The molecular formula is C22H25N3O5S2. The highest BCUT2D eigenvalue weighted by Gasteiger charge is 2.39. The lowest BCUT2D eigenvalue weighted by molar-refractivity contribution is -0.136. The molecule has 2 saturated heterocycles. The van der Waals surface area contributed by atoms with Gasteiger partial charge in [-0.25, -0.2) is 8.42 Å². The number of amides is 2. The molecule has 2 amide bonds. The summed E-state index contributed by atoms with van der Waals surface area (Å²) in [6.45, 7) is 1.02. The first-order chi connectivity index (χ1) is 15.4. The molecule has 0 spiro atoms. The number of piperazine rings is 1. The van der Waals surface area contributed by atoms with Crippen molar-refractivity contribution >= 4 is 33.6 Å². The van der Waals surface area contributed by atoms with Crippen LogP contribution in [0.5, 0.6) is 5.75 Å². The van der Waals surface area contributed by atoms with Gasteiger partial charge in [-0.2, -0.15) is 4.31 Å². The number of hydrogen-bond acceptors (Lipinski definition) is 6. The Balaban J connectivity index is 1.40. The zero-order valence-corrected chi connectivity index (χ0v) is 19.3. The number of carbonyl (C=O) groups excluding carboxylic acids is 2. The Morgan fingerprint density at radius 2 is 1.62 bits per heavy atom. The third kappa shape index (κ3) is 4.48. The van der Waals surface area contributed by atoms with Gasteiger partial charge in [0.25, 0.3) is 5.91 Å². The zero-order valence-electron chi connectivity index (χ0n) is 17.7. The van der Waals surface area contributed by atoms with Gasteiger partial charge in [0.1, 0.15) is 11.8 Å². The number of thioether (sulfide) groups is 1. The Morgan fingerprint density at radius 3 is 2.25 bits per heavy atom. The predicted octanol–water partition coefficient (Wildman–Crippen LogP) is 1.74. The largest absolute Gasteiger partial charge is 0.497 e. The van der Waals surface area contributed by atoms with E-state index >= 15 is 0 Å². The van der Waals surface area contributed by atoms with Gasteiger partial charge in [-0.15, -0.1) is 11.8 Å². The minimum Gasteiger partial charge on any atom is -0.497 e. The van der Waals surface area contributed by atoms with E-state index in [1.165, 1.54) is 23.5 Å². The lowest BCUT2D eigenvalue weighted by Crippen LogP contribution is -2.55. The molecule has 10 heteroatoms. The first-order valence-electron chi connectivity index (χ1n) is 10.3. The molecule has 4 rings (SSSR count). The summed E-state index contributed by atoms with van der Waals surface area (Å²) in [5, 5.41) is 0. The molecule has 2 aromatic carbocycles. The van der Waals surface area contributed by atoms with Crippen molar-refractivity contribution in [2.45, 2.75) is 10.9 Å². The molecule has 0 radical (unpaired) electrons. The van der Waals surface area contributed by atoms with Crippen molar-refractivity contribution in [3.8, 4) is 5.75 Å². The number of nitrogens with zero attached hydrogens (tertiary/aromatic N) is 3. The topological polar surface area (TPSA) is 87.2 Å². The van der Waals surface area contributed by atoms with Crippen LogP contribution in [0.1, 0.15) is 10.4 Å². The second-order valence-electron chi connectivity index (χ2n) is 7.56. The quantitative estimate of drug-likeness (QED) is 0.655. The summed E-state index contributed by atoms with van der Waals surface area (Å²) in [4.78, 5) is 29.5. The Labute approximate surface area is 192 Å². The van der Waals surface area contributed by atoms with Crippen LogP contribution in [-0.2, 0) is 14.8 Å². The Bertz CT molecular complexity index is 1070. The molecule has 8 nitrogen and oxygen atoms in total. The molecule has 170 valence electrons. The highest BCUT2D eigenvalue weighted by molar-refractivity contribution is 7.99. The van der Waals surface area contributed by atoms with Crippen molar-refractivity contribution in [2.24, 2.45) is 0 Å². The van der Waals surface area contributed by atoms with E-state index in [-0.39, 0.29) is 29.8 Å². The molecule has 32 heavy (non-hydrogen) atoms. The molecule has 0 aliphatic carbocycles. The van der Waals surface area contributed by atoms with Crippen LogP contribution in [0, 0.1) is 0 Å². The van der Waals surface area contributed by atoms with Crippen molar-refractivity contribution in [1.82, 2.24) is 14.1 Å². The van der Waals surface area contributed by atoms with E-state index in [1.54, 1.807) is 58.0 Å². The third-order valence-electron chi connectivity index (χ3n) is 5.70. The van der Waals surface area contributed by atoms with E-state index < -0.39 is 16.1 Å². The number of carbonyl (C=O) groups is 2. The van der Waals surface area contributed by atoms with E-state index in [4.69, 9.17) is 4.74 Å². The van der Waals surface area contributed by atoms with Crippen molar-refractivity contribution in [2.75, 3.05) is 44.9 Å². The molecule has 2 aliphatic rings. The number of benzene rings is 2. The highest BCUT2D eigenvalue weighted by atomic mass is 32.2. The Kier molecular flexibility index (Phi) is 6.73. The summed E-state index contributed by atoms with van der Waals surface area (Å²) in [7, 11) is -2.12. The van der Waals surface area contributed by atoms with Crippen molar-refractivity contribution in [1.29, 1.82) is 0 Å². The standard InChI is InChI=1S/C22H25N3O5S2/c1-30-18-7-9-19(10-8-18)32(28,29)24-13-11-23(12-14-24)22(27)20-15-31-16-25(20)21(26)17-5-3-2-4-6-17/h2-10,20H,11-16H2,1H3/t20-/m0/s1. The SMILES string of the molecule is COc1ccc(S(=O)(=O)N2CCN(C(=O)[C@@H]3CSCN3C(=O)c3ccccc3)CC2)cc1. The van der Waals surface area contributed by atoms with Crippen LogP contribution in [0.4, 0.5) is 0 Å². The van der Waals surface area contributed by atoms with Crippen molar-refractivity contribution in [3.63, 3.8) is 0 Å². The van der Waals surface area contributed by atoms with E-state index in [0.29, 0.717) is 36.0 Å². The van der Waals surface area contributed by atoms with Crippen LogP contribution in [0.15, 0.2) is 59.5 Å². The Morgan fingerprint density at radius 1 is 0.969 bits per heavy atom. The molecule has 0 N–H and O–H groups in total. The Hall–Kier alpha value is -2.56. The van der Waals surface area contributed by atoms with Crippen molar-refractivity contribution in [3.05, 3.63) is 60.2 Å². The minimum atomic E-state index is -3.64. The summed E-state index contributed by atoms with van der Waals surface area (Å²) in [6.07, 6.45) is 0. The molecular weight excluding hydrogens is 450 g/mol. The van der Waals surface area contributed by atoms with Gasteiger partial charge in [-0.05, 0) is 36.4 Å². The first kappa shape index (κ1) is 22.6. The molecule has 2 aliphatic heterocycles. The molecule has 2 heterocycles. The van der Waals surface area contributed by atoms with Gasteiger partial charge >= 0.3 is 0 Å². The molecule has 0 aromatic heterocycles. The first-order valence-corrected chi connectivity index (χ1v) is 12.9. The van der Waals surface area contributed by atoms with Gasteiger partial charge in [0.15, 0.2) is 0 Å². The molecule has 2 aromatic rings. The monoisotopic (exact) mass is 475 g/mol. The fourth-order valence-electron chi connectivity index (χ4n) is 3.85. The summed E-state index contributed by atoms with van der Waals surface area (Å²) >= 11 is 1.55. The normalized spacial score (nSPS) is 19.7. The van der Waals surface area contributed by atoms with E-state index in [2.05, 4.69) is 0 Å². The number of methoxy groups -OCH3 is 1. The zero-order chi connectivity index (χ0) is 22.7. The van der Waals surface area contributed by atoms with Gasteiger partial charge in [-0.3, -0.25) is 9.59 Å². The summed E-state index contributed by atoms with van der Waals surface area (Å²) in [5.74, 6) is 1.32. The second kappa shape index (κ2) is 9.51. The molecule has 0 unspecified atom stereocenters. The lowest BCUT2D eigenvalue weighted by Gasteiger charge is -2.36. The van der Waals surface area contributed by atoms with Crippen LogP contribution in [0.2, 0.25) is 0 Å². The maximum absolute atomic E-state index is 13.2. The van der Waals surface area contributed by atoms with Crippen LogP contribution in [0.25, 0.3) is 0 Å².